The molecule has 1 amide bonds. The molecule has 8 heteroatoms. The summed E-state index contributed by atoms with van der Waals surface area (Å²) in [6, 6.07) is 14.6. The van der Waals surface area contributed by atoms with Crippen LogP contribution in [-0.2, 0) is 19.6 Å². The third-order valence-corrected chi connectivity index (χ3v) is 6.58. The Bertz CT molecular complexity index is 1010. The van der Waals surface area contributed by atoms with Crippen molar-refractivity contribution in [2.24, 2.45) is 5.92 Å². The molecule has 0 heterocycles. The summed E-state index contributed by atoms with van der Waals surface area (Å²) in [4.78, 5) is 24.7. The smallest absolute Gasteiger partial charge is 0.338 e. The number of hydrogen-bond acceptors (Lipinski definition) is 5. The summed E-state index contributed by atoms with van der Waals surface area (Å²) >= 11 is 0. The van der Waals surface area contributed by atoms with Crippen molar-refractivity contribution >= 4 is 27.6 Å². The molecule has 0 saturated heterocycles. The molecule has 0 aliphatic carbocycles. The summed E-state index contributed by atoms with van der Waals surface area (Å²) in [5, 5.41) is 2.71. The maximum absolute atomic E-state index is 13.4. The van der Waals surface area contributed by atoms with E-state index in [0.717, 1.165) is 6.42 Å². The third kappa shape index (κ3) is 6.82. The Morgan fingerprint density at radius 1 is 1.03 bits per heavy atom. The van der Waals surface area contributed by atoms with Gasteiger partial charge in [0.25, 0.3) is 15.9 Å². The van der Waals surface area contributed by atoms with E-state index >= 15 is 0 Å². The van der Waals surface area contributed by atoms with Gasteiger partial charge in [0, 0.05) is 13.1 Å². The van der Waals surface area contributed by atoms with Crippen molar-refractivity contribution in [2.45, 2.75) is 51.5 Å². The minimum absolute atomic E-state index is 0.0104. The number of nitrogens with one attached hydrogen (secondary N) is 1. The summed E-state index contributed by atoms with van der Waals surface area (Å²) in [5.74, 6) is -0.885. The number of esters is 1. The first-order valence-corrected chi connectivity index (χ1v) is 12.3. The van der Waals surface area contributed by atoms with E-state index in [-0.39, 0.29) is 16.4 Å². The molecule has 2 aromatic carbocycles. The van der Waals surface area contributed by atoms with Crippen LogP contribution < -0.4 is 9.62 Å². The maximum atomic E-state index is 13.4. The van der Waals surface area contributed by atoms with Gasteiger partial charge in [-0.1, -0.05) is 51.5 Å². The molecule has 0 saturated carbocycles. The van der Waals surface area contributed by atoms with Gasteiger partial charge in [-0.3, -0.25) is 9.10 Å². The van der Waals surface area contributed by atoms with Gasteiger partial charge in [-0.15, -0.1) is 0 Å². The Balaban J connectivity index is 2.24. The number of hydrogen-bond donors (Lipinski definition) is 1. The van der Waals surface area contributed by atoms with Gasteiger partial charge >= 0.3 is 5.97 Å². The summed E-state index contributed by atoms with van der Waals surface area (Å²) in [7, 11) is -3.90. The molecule has 1 N–H and O–H groups in total. The first-order chi connectivity index (χ1) is 15.2. The van der Waals surface area contributed by atoms with Gasteiger partial charge in [0.05, 0.1) is 16.1 Å². The van der Waals surface area contributed by atoms with Crippen molar-refractivity contribution in [3.05, 3.63) is 60.2 Å². The maximum Gasteiger partial charge on any atom is 0.338 e. The van der Waals surface area contributed by atoms with Crippen LogP contribution in [0.4, 0.5) is 5.69 Å². The molecular weight excluding hydrogens is 428 g/mol. The van der Waals surface area contributed by atoms with Crippen LogP contribution in [0.1, 0.15) is 50.9 Å². The molecule has 32 heavy (non-hydrogen) atoms. The van der Waals surface area contributed by atoms with Crippen molar-refractivity contribution in [2.75, 3.05) is 17.4 Å². The highest BCUT2D eigenvalue weighted by Gasteiger charge is 2.26. The lowest BCUT2D eigenvalue weighted by Gasteiger charge is -2.24. The van der Waals surface area contributed by atoms with Gasteiger partial charge in [0.2, 0.25) is 0 Å². The number of amides is 1. The molecule has 0 fully saturated rings. The van der Waals surface area contributed by atoms with E-state index in [9.17, 15) is 18.0 Å². The Kier molecular flexibility index (Phi) is 9.26. The van der Waals surface area contributed by atoms with Crippen molar-refractivity contribution in [3.63, 3.8) is 0 Å². The van der Waals surface area contributed by atoms with Crippen LogP contribution in [0.2, 0.25) is 0 Å². The Labute approximate surface area is 190 Å². The average Bonchev–Trinajstić information content (AvgIpc) is 2.78. The standard InChI is InChI=1S/C24H32N2O5S/c1-5-6-15-26(21-12-8-7-9-13-21)32(29,30)22-14-10-11-20(16-22)24(28)31-19(4)23(27)25-17-18(2)3/h7-14,16,18-19H,5-6,15,17H2,1-4H3,(H,25,27). The zero-order chi connectivity index (χ0) is 23.7. The molecule has 0 aliphatic heterocycles. The van der Waals surface area contributed by atoms with E-state index in [1.54, 1.807) is 24.3 Å². The first kappa shape index (κ1) is 25.4. The van der Waals surface area contributed by atoms with Gasteiger partial charge in [-0.05, 0) is 49.6 Å². The zero-order valence-corrected chi connectivity index (χ0v) is 19.9. The highest BCUT2D eigenvalue weighted by atomic mass is 32.2. The zero-order valence-electron chi connectivity index (χ0n) is 19.1. The number of anilines is 1. The second-order valence-electron chi connectivity index (χ2n) is 7.98. The summed E-state index contributed by atoms with van der Waals surface area (Å²) in [6.07, 6.45) is 0.535. The van der Waals surface area contributed by atoms with Crippen molar-refractivity contribution in [3.8, 4) is 0 Å². The highest BCUT2D eigenvalue weighted by Crippen LogP contribution is 2.25. The lowest BCUT2D eigenvalue weighted by Crippen LogP contribution is -2.37. The van der Waals surface area contributed by atoms with Crippen LogP contribution in [0, 0.1) is 5.92 Å². The number of ether oxygens (including phenoxy) is 1. The van der Waals surface area contributed by atoms with Crippen LogP contribution in [0.3, 0.4) is 0 Å². The van der Waals surface area contributed by atoms with Crippen LogP contribution in [0.15, 0.2) is 59.5 Å². The second-order valence-corrected chi connectivity index (χ2v) is 9.84. The van der Waals surface area contributed by atoms with Crippen LogP contribution in [0.25, 0.3) is 0 Å². The number of rotatable bonds is 11. The van der Waals surface area contributed by atoms with Crippen LogP contribution >= 0.6 is 0 Å². The van der Waals surface area contributed by atoms with Gasteiger partial charge in [-0.25, -0.2) is 13.2 Å². The molecule has 0 bridgehead atoms. The SMILES string of the molecule is CCCCN(c1ccccc1)S(=O)(=O)c1cccc(C(=O)OC(C)C(=O)NCC(C)C)c1. The van der Waals surface area contributed by atoms with Crippen LogP contribution in [0.5, 0.6) is 0 Å². The summed E-state index contributed by atoms with van der Waals surface area (Å²) in [5.41, 5.74) is 0.627. The number of carbonyl (C=O) groups excluding carboxylic acids is 2. The van der Waals surface area contributed by atoms with Gasteiger partial charge in [0.1, 0.15) is 0 Å². The first-order valence-electron chi connectivity index (χ1n) is 10.8. The number of unbranched alkanes of at least 4 members (excludes halogenated alkanes) is 1. The molecule has 1 atom stereocenters. The van der Waals surface area contributed by atoms with E-state index in [4.69, 9.17) is 4.74 Å². The van der Waals surface area contributed by atoms with E-state index < -0.39 is 28.0 Å². The number of benzene rings is 2. The lowest BCUT2D eigenvalue weighted by molar-refractivity contribution is -0.129. The Hall–Kier alpha value is -2.87. The molecule has 2 aromatic rings. The molecular formula is C24H32N2O5S. The fraction of sp³-hybridized carbons (Fsp3) is 0.417. The molecule has 174 valence electrons. The minimum Gasteiger partial charge on any atom is -0.449 e. The molecule has 0 aliphatic rings. The summed E-state index contributed by atoms with van der Waals surface area (Å²) in [6.45, 7) is 8.19. The van der Waals surface area contributed by atoms with E-state index in [0.29, 0.717) is 25.2 Å². The van der Waals surface area contributed by atoms with Gasteiger partial charge in [-0.2, -0.15) is 0 Å². The largest absolute Gasteiger partial charge is 0.449 e. The topological polar surface area (TPSA) is 92.8 Å². The fourth-order valence-electron chi connectivity index (χ4n) is 2.93. The molecule has 0 radical (unpaired) electrons. The third-order valence-electron chi connectivity index (χ3n) is 4.75. The van der Waals surface area contributed by atoms with Gasteiger partial charge < -0.3 is 10.1 Å². The van der Waals surface area contributed by atoms with E-state index in [2.05, 4.69) is 5.32 Å². The van der Waals surface area contributed by atoms with Crippen molar-refractivity contribution in [1.82, 2.24) is 5.32 Å². The average molecular weight is 461 g/mol. The normalized spacial score (nSPS) is 12.3. The number of carbonyl (C=O) groups is 2. The highest BCUT2D eigenvalue weighted by molar-refractivity contribution is 7.92. The number of nitrogens with zero attached hydrogens (tertiary/aromatic N) is 1. The fourth-order valence-corrected chi connectivity index (χ4v) is 4.47. The minimum atomic E-state index is -3.90. The molecule has 0 aromatic heterocycles. The molecule has 2 rings (SSSR count). The Morgan fingerprint density at radius 3 is 2.34 bits per heavy atom. The molecule has 1 unspecified atom stereocenters. The molecule has 0 spiro atoms. The quantitative estimate of drug-likeness (QED) is 0.512. The van der Waals surface area contributed by atoms with E-state index in [1.165, 1.54) is 35.5 Å². The lowest BCUT2D eigenvalue weighted by atomic mass is 10.2. The molecule has 7 nitrogen and oxygen atoms in total. The van der Waals surface area contributed by atoms with E-state index in [1.807, 2.05) is 26.8 Å². The predicted octanol–water partition coefficient (Wildman–Crippen LogP) is 4.00. The van der Waals surface area contributed by atoms with Crippen LogP contribution in [-0.4, -0.2) is 39.5 Å². The number of para-hydroxylation sites is 1. The predicted molar refractivity (Wildman–Crippen MR) is 125 cm³/mol. The van der Waals surface area contributed by atoms with Crippen molar-refractivity contribution in [1.29, 1.82) is 0 Å². The second kappa shape index (κ2) is 11.7. The number of sulfonamides is 1. The van der Waals surface area contributed by atoms with Gasteiger partial charge in [0.15, 0.2) is 6.10 Å². The summed E-state index contributed by atoms with van der Waals surface area (Å²) < 4.78 is 33.4. The Morgan fingerprint density at radius 2 is 1.72 bits per heavy atom. The monoisotopic (exact) mass is 460 g/mol. The van der Waals surface area contributed by atoms with Crippen molar-refractivity contribution < 1.29 is 22.7 Å².